The molecule has 4 heteroatoms. The number of pyridine rings is 1. The maximum Gasteiger partial charge on any atom is 0.270 e. The summed E-state index contributed by atoms with van der Waals surface area (Å²) in [6, 6.07) is 13.0. The SMILES string of the molecule is O=C(NC1(c2cccc(Cl)c2)CC1)c1ccccn1. The summed E-state index contributed by atoms with van der Waals surface area (Å²) in [6.45, 7) is 0. The molecule has 1 aliphatic rings. The normalized spacial score (nSPS) is 15.8. The van der Waals surface area contributed by atoms with E-state index in [1.54, 1.807) is 24.4 Å². The number of nitrogens with one attached hydrogen (secondary N) is 1. The maximum atomic E-state index is 12.2. The van der Waals surface area contributed by atoms with E-state index in [4.69, 9.17) is 11.6 Å². The Balaban J connectivity index is 1.82. The van der Waals surface area contributed by atoms with Crippen LogP contribution in [-0.2, 0) is 5.54 Å². The largest absolute Gasteiger partial charge is 0.341 e. The van der Waals surface area contributed by atoms with Gasteiger partial charge in [-0.3, -0.25) is 9.78 Å². The molecule has 2 aromatic rings. The van der Waals surface area contributed by atoms with E-state index in [-0.39, 0.29) is 11.4 Å². The summed E-state index contributed by atoms with van der Waals surface area (Å²) < 4.78 is 0. The van der Waals surface area contributed by atoms with Crippen LogP contribution in [0.5, 0.6) is 0 Å². The topological polar surface area (TPSA) is 42.0 Å². The van der Waals surface area contributed by atoms with Crippen LogP contribution in [0.4, 0.5) is 0 Å². The van der Waals surface area contributed by atoms with Crippen molar-refractivity contribution in [3.05, 3.63) is 64.9 Å². The van der Waals surface area contributed by atoms with Gasteiger partial charge < -0.3 is 5.32 Å². The first-order chi connectivity index (χ1) is 9.20. The van der Waals surface area contributed by atoms with E-state index in [1.165, 1.54) is 0 Å². The lowest BCUT2D eigenvalue weighted by molar-refractivity contribution is 0.0925. The summed E-state index contributed by atoms with van der Waals surface area (Å²) >= 11 is 6.01. The van der Waals surface area contributed by atoms with Crippen molar-refractivity contribution in [1.29, 1.82) is 0 Å². The van der Waals surface area contributed by atoms with E-state index < -0.39 is 0 Å². The van der Waals surface area contributed by atoms with Gasteiger partial charge in [0.15, 0.2) is 0 Å². The van der Waals surface area contributed by atoms with Crippen molar-refractivity contribution >= 4 is 17.5 Å². The second-order valence-electron chi connectivity index (χ2n) is 4.76. The molecule has 96 valence electrons. The number of hydrogen-bond donors (Lipinski definition) is 1. The first-order valence-electron chi connectivity index (χ1n) is 6.19. The molecular formula is C15H13ClN2O. The third kappa shape index (κ3) is 2.47. The van der Waals surface area contributed by atoms with Crippen LogP contribution in [-0.4, -0.2) is 10.9 Å². The number of hydrogen-bond acceptors (Lipinski definition) is 2. The zero-order valence-electron chi connectivity index (χ0n) is 10.3. The number of amides is 1. The van der Waals surface area contributed by atoms with Gasteiger partial charge in [-0.15, -0.1) is 0 Å². The zero-order chi connectivity index (χ0) is 13.3. The Hall–Kier alpha value is -1.87. The van der Waals surface area contributed by atoms with Crippen LogP contribution >= 0.6 is 11.6 Å². The molecule has 0 atom stereocenters. The van der Waals surface area contributed by atoms with E-state index in [2.05, 4.69) is 10.3 Å². The molecule has 1 N–H and O–H groups in total. The lowest BCUT2D eigenvalue weighted by atomic mass is 10.0. The highest BCUT2D eigenvalue weighted by atomic mass is 35.5. The van der Waals surface area contributed by atoms with Crippen molar-refractivity contribution in [3.8, 4) is 0 Å². The molecule has 1 amide bonds. The van der Waals surface area contributed by atoms with Crippen molar-refractivity contribution in [3.63, 3.8) is 0 Å². The first kappa shape index (κ1) is 12.2. The van der Waals surface area contributed by atoms with Crippen molar-refractivity contribution in [2.24, 2.45) is 0 Å². The van der Waals surface area contributed by atoms with E-state index in [0.29, 0.717) is 10.7 Å². The molecule has 1 aliphatic carbocycles. The number of rotatable bonds is 3. The summed E-state index contributed by atoms with van der Waals surface area (Å²) in [5.74, 6) is -0.141. The Labute approximate surface area is 116 Å². The molecule has 0 bridgehead atoms. The van der Waals surface area contributed by atoms with Gasteiger partial charge in [0.05, 0.1) is 5.54 Å². The molecule has 3 rings (SSSR count). The van der Waals surface area contributed by atoms with Crippen molar-refractivity contribution in [2.75, 3.05) is 0 Å². The molecule has 3 nitrogen and oxygen atoms in total. The van der Waals surface area contributed by atoms with Gasteiger partial charge in [0, 0.05) is 11.2 Å². The summed E-state index contributed by atoms with van der Waals surface area (Å²) in [4.78, 5) is 16.2. The van der Waals surface area contributed by atoms with Gasteiger partial charge in [-0.1, -0.05) is 29.8 Å². The molecule has 1 aromatic heterocycles. The van der Waals surface area contributed by atoms with Gasteiger partial charge in [0.1, 0.15) is 5.69 Å². The van der Waals surface area contributed by atoms with E-state index in [0.717, 1.165) is 18.4 Å². The molecule has 0 aliphatic heterocycles. The van der Waals surface area contributed by atoms with Gasteiger partial charge in [-0.05, 0) is 42.7 Å². The van der Waals surface area contributed by atoms with Crippen molar-refractivity contribution < 1.29 is 4.79 Å². The highest BCUT2D eigenvalue weighted by molar-refractivity contribution is 6.30. The van der Waals surface area contributed by atoms with Crippen LogP contribution in [0.15, 0.2) is 48.7 Å². The summed E-state index contributed by atoms with van der Waals surface area (Å²) in [5.41, 5.74) is 1.24. The number of carbonyl (C=O) groups excluding carboxylic acids is 1. The van der Waals surface area contributed by atoms with Gasteiger partial charge in [0.25, 0.3) is 5.91 Å². The smallest absolute Gasteiger partial charge is 0.270 e. The average Bonchev–Trinajstić information content (AvgIpc) is 3.21. The lowest BCUT2D eigenvalue weighted by Gasteiger charge is -2.18. The van der Waals surface area contributed by atoms with Crippen LogP contribution in [0.3, 0.4) is 0 Å². The Morgan fingerprint density at radius 2 is 2.05 bits per heavy atom. The summed E-state index contributed by atoms with van der Waals surface area (Å²) in [5, 5.41) is 3.76. The molecule has 0 unspecified atom stereocenters. The van der Waals surface area contributed by atoms with Crippen LogP contribution in [0.25, 0.3) is 0 Å². The summed E-state index contributed by atoms with van der Waals surface area (Å²) in [6.07, 6.45) is 3.49. The van der Waals surface area contributed by atoms with E-state index in [1.807, 2.05) is 24.3 Å². The summed E-state index contributed by atoms with van der Waals surface area (Å²) in [7, 11) is 0. The minimum atomic E-state index is -0.264. The van der Waals surface area contributed by atoms with Crippen LogP contribution in [0.2, 0.25) is 5.02 Å². The van der Waals surface area contributed by atoms with Crippen LogP contribution in [0, 0.1) is 0 Å². The second kappa shape index (κ2) is 4.67. The number of halogens is 1. The quantitative estimate of drug-likeness (QED) is 0.933. The average molecular weight is 273 g/mol. The van der Waals surface area contributed by atoms with Crippen molar-refractivity contribution in [2.45, 2.75) is 18.4 Å². The monoisotopic (exact) mass is 272 g/mol. The molecule has 0 radical (unpaired) electrons. The number of nitrogens with zero attached hydrogens (tertiary/aromatic N) is 1. The minimum absolute atomic E-state index is 0.141. The van der Waals surface area contributed by atoms with E-state index >= 15 is 0 Å². The molecule has 19 heavy (non-hydrogen) atoms. The fraction of sp³-hybridized carbons (Fsp3) is 0.200. The van der Waals surface area contributed by atoms with Gasteiger partial charge in [-0.2, -0.15) is 0 Å². The fourth-order valence-electron chi connectivity index (χ4n) is 2.18. The molecule has 1 aromatic carbocycles. The predicted molar refractivity (Wildman–Crippen MR) is 74.1 cm³/mol. The molecule has 1 saturated carbocycles. The number of carbonyl (C=O) groups is 1. The Bertz CT molecular complexity index is 609. The van der Waals surface area contributed by atoms with Crippen molar-refractivity contribution in [1.82, 2.24) is 10.3 Å². The van der Waals surface area contributed by atoms with Crippen LogP contribution < -0.4 is 5.32 Å². The van der Waals surface area contributed by atoms with Gasteiger partial charge in [-0.25, -0.2) is 0 Å². The first-order valence-corrected chi connectivity index (χ1v) is 6.57. The molecule has 0 saturated heterocycles. The standard InChI is InChI=1S/C15H13ClN2O/c16-12-5-3-4-11(10-12)15(7-8-15)18-14(19)13-6-1-2-9-17-13/h1-6,9-10H,7-8H2,(H,18,19). The highest BCUT2D eigenvalue weighted by Crippen LogP contribution is 2.46. The second-order valence-corrected chi connectivity index (χ2v) is 5.20. The highest BCUT2D eigenvalue weighted by Gasteiger charge is 2.45. The Morgan fingerprint density at radius 1 is 1.21 bits per heavy atom. The third-order valence-corrected chi connectivity index (χ3v) is 3.61. The number of benzene rings is 1. The number of aromatic nitrogens is 1. The predicted octanol–water partition coefficient (Wildman–Crippen LogP) is 3.15. The Morgan fingerprint density at radius 3 is 2.68 bits per heavy atom. The fourth-order valence-corrected chi connectivity index (χ4v) is 2.37. The lowest BCUT2D eigenvalue weighted by Crippen LogP contribution is -2.35. The zero-order valence-corrected chi connectivity index (χ0v) is 11.0. The molecular weight excluding hydrogens is 260 g/mol. The minimum Gasteiger partial charge on any atom is -0.341 e. The maximum absolute atomic E-state index is 12.2. The molecule has 1 fully saturated rings. The van der Waals surface area contributed by atoms with Gasteiger partial charge >= 0.3 is 0 Å². The van der Waals surface area contributed by atoms with E-state index in [9.17, 15) is 4.79 Å². The van der Waals surface area contributed by atoms with Crippen LogP contribution in [0.1, 0.15) is 28.9 Å². The molecule has 1 heterocycles. The van der Waals surface area contributed by atoms with Gasteiger partial charge in [0.2, 0.25) is 0 Å². The molecule has 0 spiro atoms. The Kier molecular flexibility index (Phi) is 2.99. The third-order valence-electron chi connectivity index (χ3n) is 3.38.